The van der Waals surface area contributed by atoms with Gasteiger partial charge < -0.3 is 13.9 Å². The van der Waals surface area contributed by atoms with Gasteiger partial charge in [0.05, 0.1) is 35.5 Å². The summed E-state index contributed by atoms with van der Waals surface area (Å²) in [5.41, 5.74) is 5.99. The number of alkyl halides is 2. The molecular weight excluding hydrogens is 556 g/mol. The van der Waals surface area contributed by atoms with Crippen LogP contribution < -0.4 is 0 Å². The van der Waals surface area contributed by atoms with Gasteiger partial charge in [-0.1, -0.05) is 121 Å². The minimum Gasteiger partial charge on any atom is -0.750 e. The van der Waals surface area contributed by atoms with Crippen LogP contribution in [0.1, 0.15) is 58.6 Å². The molecule has 0 aromatic heterocycles. The molecule has 42 heavy (non-hydrogen) atoms. The van der Waals surface area contributed by atoms with E-state index in [4.69, 9.17) is 0 Å². The van der Waals surface area contributed by atoms with Crippen molar-refractivity contribution in [3.05, 3.63) is 143 Å². The molecular formula is C34H36F2NO4S-. The van der Waals surface area contributed by atoms with Crippen molar-refractivity contribution in [1.29, 1.82) is 0 Å². The molecule has 3 unspecified atom stereocenters. The van der Waals surface area contributed by atoms with Crippen LogP contribution in [0.5, 0.6) is 0 Å². The average molecular weight is 593 g/mol. The third-order valence-electron chi connectivity index (χ3n) is 6.79. The lowest BCUT2D eigenvalue weighted by molar-refractivity contribution is 0.300. The molecule has 4 aromatic rings. The van der Waals surface area contributed by atoms with Crippen LogP contribution in [0.3, 0.4) is 0 Å². The zero-order valence-electron chi connectivity index (χ0n) is 23.6. The lowest BCUT2D eigenvalue weighted by Gasteiger charge is -2.22. The Labute approximate surface area is 249 Å². The van der Waals surface area contributed by atoms with Gasteiger partial charge in [-0.15, -0.1) is 0 Å². The summed E-state index contributed by atoms with van der Waals surface area (Å²) in [5.74, 6) is -1.65. The molecule has 0 amide bonds. The predicted octanol–water partition coefficient (Wildman–Crippen LogP) is 7.71. The number of benzene rings is 4. The van der Waals surface area contributed by atoms with Gasteiger partial charge in [-0.3, -0.25) is 8.78 Å². The Morgan fingerprint density at radius 1 is 0.738 bits per heavy atom. The average Bonchev–Trinajstić information content (AvgIpc) is 3.02. The van der Waals surface area contributed by atoms with Crippen molar-refractivity contribution in [2.24, 2.45) is 5.16 Å². The maximum atomic E-state index is 14.2. The van der Waals surface area contributed by atoms with Gasteiger partial charge in [-0.05, 0) is 52.6 Å². The number of oxime groups is 1. The number of halogens is 2. The van der Waals surface area contributed by atoms with E-state index >= 15 is 0 Å². The van der Waals surface area contributed by atoms with Gasteiger partial charge in [0.2, 0.25) is 0 Å². The molecule has 3 atom stereocenters. The van der Waals surface area contributed by atoms with Gasteiger partial charge >= 0.3 is 0 Å². The second-order valence-corrected chi connectivity index (χ2v) is 10.4. The highest BCUT2D eigenvalue weighted by Gasteiger charge is 2.28. The molecule has 0 aliphatic carbocycles. The molecule has 4 aromatic carbocycles. The molecule has 1 N–H and O–H groups in total. The summed E-state index contributed by atoms with van der Waals surface area (Å²) in [6.45, 7) is 0.572. The molecule has 0 aliphatic heterocycles. The second-order valence-electron chi connectivity index (χ2n) is 9.77. The number of hydrogen-bond donors (Lipinski definition) is 1. The van der Waals surface area contributed by atoms with Crippen LogP contribution in [0.4, 0.5) is 8.78 Å². The monoisotopic (exact) mass is 592 g/mol. The Morgan fingerprint density at radius 3 is 1.40 bits per heavy atom. The normalized spacial score (nSPS) is 12.9. The van der Waals surface area contributed by atoms with E-state index in [-0.39, 0.29) is 12.3 Å². The van der Waals surface area contributed by atoms with Crippen LogP contribution in [-0.2, 0) is 28.4 Å². The number of hydrogen-bond acceptors (Lipinski definition) is 5. The van der Waals surface area contributed by atoms with Gasteiger partial charge in [-0.2, -0.15) is 0 Å². The smallest absolute Gasteiger partial charge is 0.102 e. The van der Waals surface area contributed by atoms with Crippen LogP contribution in [0, 0.1) is 0 Å². The molecule has 0 bridgehead atoms. The summed E-state index contributed by atoms with van der Waals surface area (Å²) >= 11 is -2.32. The van der Waals surface area contributed by atoms with Crippen molar-refractivity contribution in [1.82, 2.24) is 0 Å². The Bertz CT molecular complexity index is 1270. The van der Waals surface area contributed by atoms with Crippen molar-refractivity contribution in [2.75, 3.05) is 20.0 Å². The minimum absolute atomic E-state index is 0.0987. The Morgan fingerprint density at radius 2 is 1.12 bits per heavy atom. The molecule has 5 nitrogen and oxygen atoms in total. The summed E-state index contributed by atoms with van der Waals surface area (Å²) in [7, 11) is 0. The van der Waals surface area contributed by atoms with E-state index in [1.54, 1.807) is 0 Å². The van der Waals surface area contributed by atoms with Crippen molar-refractivity contribution in [2.45, 2.75) is 38.0 Å². The molecule has 0 saturated carbocycles. The van der Waals surface area contributed by atoms with Crippen molar-refractivity contribution >= 4 is 17.1 Å². The van der Waals surface area contributed by atoms with E-state index in [2.05, 4.69) is 33.6 Å². The van der Waals surface area contributed by atoms with Crippen LogP contribution in [-0.4, -0.2) is 39.6 Å². The van der Waals surface area contributed by atoms with Crippen LogP contribution in [0.2, 0.25) is 0 Å². The highest BCUT2D eigenvalue weighted by molar-refractivity contribution is 7.74. The third-order valence-corrected chi connectivity index (χ3v) is 7.15. The van der Waals surface area contributed by atoms with Gasteiger partial charge in [0, 0.05) is 0 Å². The Hall–Kier alpha value is -3.72. The first kappa shape index (κ1) is 32.8. The first-order valence-electron chi connectivity index (χ1n) is 13.8. The first-order chi connectivity index (χ1) is 20.5. The van der Waals surface area contributed by atoms with Crippen molar-refractivity contribution < 1.29 is 26.9 Å². The van der Waals surface area contributed by atoms with Gasteiger partial charge in [0.1, 0.15) is 13.3 Å². The fourth-order valence-electron chi connectivity index (χ4n) is 4.61. The SMILES string of the molecule is CCCOS(=O)[O-].ON=C(C(CF)c1ccc(Cc2ccccc2)cc1)C(CF)c1ccc(Cc2ccccc2)cc1. The summed E-state index contributed by atoms with van der Waals surface area (Å²) in [4.78, 5) is 0. The van der Waals surface area contributed by atoms with Gasteiger partial charge in [0.25, 0.3) is 0 Å². The Balaban J connectivity index is 0.000000616. The Kier molecular flexibility index (Phi) is 14.0. The highest BCUT2D eigenvalue weighted by atomic mass is 32.2. The molecule has 0 spiro atoms. The standard InChI is InChI=1S/C31H29F2NO.C3H8O3S/c32-21-29(27-15-11-25(12-16-27)19-23-7-3-1-4-8-23)31(34-35)30(22-33)28-17-13-26(14-18-28)20-24-9-5-2-6-10-24;1-2-3-6-7(4)5/h1-18,29-30,35H,19-22H2;2-3H2,1H3,(H,4,5)/p-1. The van der Waals surface area contributed by atoms with Crippen LogP contribution in [0.15, 0.2) is 114 Å². The predicted molar refractivity (Wildman–Crippen MR) is 163 cm³/mol. The maximum absolute atomic E-state index is 14.2. The zero-order chi connectivity index (χ0) is 30.2. The minimum atomic E-state index is -2.32. The highest BCUT2D eigenvalue weighted by Crippen LogP contribution is 2.30. The first-order valence-corrected chi connectivity index (χ1v) is 14.8. The summed E-state index contributed by atoms with van der Waals surface area (Å²) in [6, 6.07) is 35.3. The topological polar surface area (TPSA) is 82.0 Å². The van der Waals surface area contributed by atoms with Gasteiger partial charge in [0.15, 0.2) is 0 Å². The summed E-state index contributed by atoms with van der Waals surface area (Å²) in [6.07, 6.45) is 2.27. The van der Waals surface area contributed by atoms with Gasteiger partial charge in [-0.25, -0.2) is 4.21 Å². The fraction of sp³-hybridized carbons (Fsp3) is 0.265. The van der Waals surface area contributed by atoms with E-state index in [0.29, 0.717) is 11.1 Å². The molecule has 0 fully saturated rings. The lowest BCUT2D eigenvalue weighted by Crippen LogP contribution is -2.24. The summed E-state index contributed by atoms with van der Waals surface area (Å²) < 4.78 is 51.6. The van der Waals surface area contributed by atoms with E-state index < -0.39 is 36.5 Å². The van der Waals surface area contributed by atoms with Crippen LogP contribution >= 0.6 is 0 Å². The van der Waals surface area contributed by atoms with Crippen molar-refractivity contribution in [3.8, 4) is 0 Å². The fourth-order valence-corrected chi connectivity index (χ4v) is 4.91. The molecule has 0 aliphatic rings. The zero-order valence-corrected chi connectivity index (χ0v) is 24.4. The second kappa shape index (κ2) is 18.0. The van der Waals surface area contributed by atoms with E-state index in [9.17, 15) is 22.7 Å². The lowest BCUT2D eigenvalue weighted by atomic mass is 9.83. The largest absolute Gasteiger partial charge is 0.750 e. The van der Waals surface area contributed by atoms with Crippen molar-refractivity contribution in [3.63, 3.8) is 0 Å². The van der Waals surface area contributed by atoms with E-state index in [0.717, 1.165) is 30.4 Å². The summed E-state index contributed by atoms with van der Waals surface area (Å²) in [5, 5.41) is 13.2. The third kappa shape index (κ3) is 10.3. The molecule has 4 rings (SSSR count). The maximum Gasteiger partial charge on any atom is 0.102 e. The molecule has 0 saturated heterocycles. The van der Waals surface area contributed by atoms with Crippen LogP contribution in [0.25, 0.3) is 0 Å². The molecule has 0 radical (unpaired) electrons. The quantitative estimate of drug-likeness (QED) is 0.0746. The van der Waals surface area contributed by atoms with E-state index in [1.807, 2.05) is 91.9 Å². The molecule has 222 valence electrons. The number of rotatable bonds is 13. The molecule has 0 heterocycles. The molecule has 8 heteroatoms. The van der Waals surface area contributed by atoms with E-state index in [1.165, 1.54) is 11.1 Å². The number of nitrogens with zero attached hydrogens (tertiary/aromatic N) is 1.